The van der Waals surface area contributed by atoms with Gasteiger partial charge in [-0.3, -0.25) is 0 Å². The second kappa shape index (κ2) is 15.2. The second-order valence-corrected chi connectivity index (χ2v) is 17.9. The average Bonchev–Trinajstić information content (AvgIpc) is 3.94. The van der Waals surface area contributed by atoms with Gasteiger partial charge in [-0.05, 0) is 116 Å². The number of hydrogen-bond donors (Lipinski definition) is 0. The van der Waals surface area contributed by atoms with Crippen LogP contribution < -0.4 is 4.90 Å². The highest BCUT2D eigenvalue weighted by atomic mass is 32.1. The summed E-state index contributed by atoms with van der Waals surface area (Å²) in [5.41, 5.74) is 14.3. The van der Waals surface area contributed by atoms with Crippen LogP contribution in [0.3, 0.4) is 0 Å². The first-order valence-electron chi connectivity index (χ1n) is 22.1. The van der Waals surface area contributed by atoms with Crippen molar-refractivity contribution in [3.05, 3.63) is 237 Å². The predicted octanol–water partition coefficient (Wildman–Crippen LogP) is 18.4. The van der Waals surface area contributed by atoms with Crippen LogP contribution in [0.2, 0.25) is 0 Å². The first-order chi connectivity index (χ1) is 32.2. The normalized spacial score (nSPS) is 11.7. The minimum Gasteiger partial charge on any atom is -0.455 e. The second-order valence-electron chi connectivity index (χ2n) is 16.8. The maximum atomic E-state index is 6.82. The Hall–Kier alpha value is -8.24. The summed E-state index contributed by atoms with van der Waals surface area (Å²) in [5.74, 6) is 0. The fourth-order valence-corrected chi connectivity index (χ4v) is 11.1. The van der Waals surface area contributed by atoms with E-state index in [1.54, 1.807) is 0 Å². The number of fused-ring (bicyclic) bond motifs is 8. The molecule has 0 unspecified atom stereocenters. The van der Waals surface area contributed by atoms with Crippen LogP contribution in [0.5, 0.6) is 0 Å². The van der Waals surface area contributed by atoms with E-state index in [-0.39, 0.29) is 0 Å². The molecule has 3 heteroatoms. The Morgan fingerprint density at radius 3 is 1.68 bits per heavy atom. The summed E-state index contributed by atoms with van der Waals surface area (Å²) < 4.78 is 9.45. The van der Waals surface area contributed by atoms with Crippen LogP contribution in [-0.2, 0) is 0 Å². The molecule has 65 heavy (non-hydrogen) atoms. The zero-order chi connectivity index (χ0) is 42.8. The van der Waals surface area contributed by atoms with Crippen molar-refractivity contribution in [2.45, 2.75) is 0 Å². The molecule has 0 amide bonds. The Morgan fingerprint density at radius 2 is 0.877 bits per heavy atom. The summed E-state index contributed by atoms with van der Waals surface area (Å²) >= 11 is 1.87. The molecule has 0 saturated carbocycles. The minimum absolute atomic E-state index is 0.888. The molecule has 0 aliphatic heterocycles. The summed E-state index contributed by atoms with van der Waals surface area (Å²) in [4.78, 5) is 2.39. The molecule has 13 rings (SSSR count). The SMILES string of the molecule is c1cc(-c2ccc(N(c3ccc(-c4cccc5c4sc4ccccc45)cc3)c3ccccc3-c3cccc4c3oc3cc5ccccc5cc34)cc2)cc(-c2ccc3ccccc3c2)c1. The van der Waals surface area contributed by atoms with Crippen molar-refractivity contribution in [2.24, 2.45) is 0 Å². The number of anilines is 3. The summed E-state index contributed by atoms with van der Waals surface area (Å²) in [6.45, 7) is 0. The van der Waals surface area contributed by atoms with Gasteiger partial charge in [-0.2, -0.15) is 0 Å². The van der Waals surface area contributed by atoms with Gasteiger partial charge in [0.25, 0.3) is 0 Å². The van der Waals surface area contributed by atoms with Gasteiger partial charge in [-0.1, -0.05) is 176 Å². The number of rotatable bonds is 7. The minimum atomic E-state index is 0.888. The van der Waals surface area contributed by atoms with E-state index in [4.69, 9.17) is 4.42 Å². The first-order valence-corrected chi connectivity index (χ1v) is 23.0. The molecule has 2 heterocycles. The molecule has 11 aromatic carbocycles. The molecule has 0 spiro atoms. The third kappa shape index (κ3) is 6.39. The lowest BCUT2D eigenvalue weighted by molar-refractivity contribution is 0.670. The van der Waals surface area contributed by atoms with E-state index in [1.807, 2.05) is 11.3 Å². The summed E-state index contributed by atoms with van der Waals surface area (Å²) in [7, 11) is 0. The molecule has 0 fully saturated rings. The van der Waals surface area contributed by atoms with Crippen molar-refractivity contribution in [1.82, 2.24) is 0 Å². The van der Waals surface area contributed by atoms with Crippen molar-refractivity contribution in [3.63, 3.8) is 0 Å². The molecule has 0 aliphatic rings. The van der Waals surface area contributed by atoms with E-state index >= 15 is 0 Å². The third-order valence-corrected chi connectivity index (χ3v) is 14.3. The Kier molecular flexibility index (Phi) is 8.75. The lowest BCUT2D eigenvalue weighted by Crippen LogP contribution is -2.11. The molecule has 0 radical (unpaired) electrons. The van der Waals surface area contributed by atoms with E-state index in [1.165, 1.54) is 69.5 Å². The molecule has 2 aromatic heterocycles. The molecule has 0 aliphatic carbocycles. The van der Waals surface area contributed by atoms with Crippen LogP contribution in [0.4, 0.5) is 17.1 Å². The van der Waals surface area contributed by atoms with Crippen molar-refractivity contribution in [1.29, 1.82) is 0 Å². The Bertz CT molecular complexity index is 3950. The van der Waals surface area contributed by atoms with Crippen LogP contribution in [0.15, 0.2) is 241 Å². The number of thiophene rings is 1. The zero-order valence-corrected chi connectivity index (χ0v) is 36.1. The van der Waals surface area contributed by atoms with Gasteiger partial charge in [-0.15, -0.1) is 11.3 Å². The van der Waals surface area contributed by atoms with Crippen LogP contribution in [0.1, 0.15) is 0 Å². The molecule has 0 bridgehead atoms. The van der Waals surface area contributed by atoms with Crippen molar-refractivity contribution in [3.8, 4) is 44.5 Å². The largest absolute Gasteiger partial charge is 0.455 e. The molecule has 0 atom stereocenters. The van der Waals surface area contributed by atoms with Gasteiger partial charge in [0.15, 0.2) is 0 Å². The molecule has 0 saturated heterocycles. The van der Waals surface area contributed by atoms with E-state index in [0.29, 0.717) is 0 Å². The maximum absolute atomic E-state index is 6.82. The van der Waals surface area contributed by atoms with Crippen molar-refractivity contribution < 1.29 is 4.42 Å². The Balaban J connectivity index is 0.940. The van der Waals surface area contributed by atoms with Gasteiger partial charge < -0.3 is 9.32 Å². The monoisotopic (exact) mass is 845 g/mol. The highest BCUT2D eigenvalue weighted by molar-refractivity contribution is 7.26. The van der Waals surface area contributed by atoms with Crippen LogP contribution in [-0.4, -0.2) is 0 Å². The van der Waals surface area contributed by atoms with Gasteiger partial charge in [0, 0.05) is 53.4 Å². The van der Waals surface area contributed by atoms with E-state index in [0.717, 1.165) is 55.7 Å². The van der Waals surface area contributed by atoms with E-state index in [9.17, 15) is 0 Å². The standard InChI is InChI=1S/C62H39NOS/c1-2-13-43-37-48(27-26-40(43)12-1)45-17-9-16-44(36-45)41-28-32-49(33-29-41)63(50-34-30-42(31-35-50)51-20-10-23-56-53-19-6-8-25-60(53)65-62(51)56)58-24-7-5-18-52(58)54-21-11-22-55-57-38-46-14-3-4-15-47(46)39-59(57)64-61(54)55/h1-39H. The summed E-state index contributed by atoms with van der Waals surface area (Å²) in [6, 6.07) is 85.9. The average molecular weight is 846 g/mol. The van der Waals surface area contributed by atoms with Gasteiger partial charge >= 0.3 is 0 Å². The quantitative estimate of drug-likeness (QED) is 0.159. The van der Waals surface area contributed by atoms with Gasteiger partial charge in [0.05, 0.1) is 5.69 Å². The fraction of sp³-hybridized carbons (Fsp3) is 0. The Morgan fingerprint density at radius 1 is 0.323 bits per heavy atom. The maximum Gasteiger partial charge on any atom is 0.143 e. The first kappa shape index (κ1) is 37.3. The molecular formula is C62H39NOS. The molecule has 304 valence electrons. The number of hydrogen-bond acceptors (Lipinski definition) is 3. The molecule has 13 aromatic rings. The lowest BCUT2D eigenvalue weighted by atomic mass is 9.96. The highest BCUT2D eigenvalue weighted by Crippen LogP contribution is 2.46. The third-order valence-electron chi connectivity index (χ3n) is 13.0. The summed E-state index contributed by atoms with van der Waals surface area (Å²) in [6.07, 6.45) is 0. The predicted molar refractivity (Wildman–Crippen MR) is 278 cm³/mol. The molecular weight excluding hydrogens is 807 g/mol. The number of benzene rings is 11. The van der Waals surface area contributed by atoms with E-state index < -0.39 is 0 Å². The number of furan rings is 1. The topological polar surface area (TPSA) is 16.4 Å². The lowest BCUT2D eigenvalue weighted by Gasteiger charge is -2.28. The molecule has 0 N–H and O–H groups in total. The zero-order valence-electron chi connectivity index (χ0n) is 35.3. The van der Waals surface area contributed by atoms with Crippen molar-refractivity contribution >= 4 is 92.1 Å². The van der Waals surface area contributed by atoms with Crippen molar-refractivity contribution in [2.75, 3.05) is 4.90 Å². The number of nitrogens with zero attached hydrogens (tertiary/aromatic N) is 1. The van der Waals surface area contributed by atoms with Crippen LogP contribution in [0, 0.1) is 0 Å². The van der Waals surface area contributed by atoms with Gasteiger partial charge in [-0.25, -0.2) is 0 Å². The van der Waals surface area contributed by atoms with Crippen LogP contribution >= 0.6 is 11.3 Å². The van der Waals surface area contributed by atoms with Gasteiger partial charge in [0.1, 0.15) is 11.2 Å². The Labute approximate surface area is 380 Å². The van der Waals surface area contributed by atoms with Gasteiger partial charge in [0.2, 0.25) is 0 Å². The molecule has 2 nitrogen and oxygen atoms in total. The summed E-state index contributed by atoms with van der Waals surface area (Å²) in [5, 5.41) is 9.72. The fourth-order valence-electron chi connectivity index (χ4n) is 9.83. The van der Waals surface area contributed by atoms with Crippen LogP contribution in [0.25, 0.3) is 108 Å². The van der Waals surface area contributed by atoms with E-state index in [2.05, 4.69) is 241 Å². The smallest absolute Gasteiger partial charge is 0.143 e. The number of para-hydroxylation sites is 2. The highest BCUT2D eigenvalue weighted by Gasteiger charge is 2.21.